The lowest BCUT2D eigenvalue weighted by Gasteiger charge is -2.38. The van der Waals surface area contributed by atoms with E-state index < -0.39 is 0 Å². The van der Waals surface area contributed by atoms with E-state index in [0.29, 0.717) is 37.8 Å². The third-order valence-corrected chi connectivity index (χ3v) is 5.15. The Bertz CT molecular complexity index is 335. The maximum atomic E-state index is 12.3. The SMILES string of the molecule is CCC1CCCC1C(C)(C)OC(=O)N1CCC(O)CC1. The predicted octanol–water partition coefficient (Wildman–Crippen LogP) is 3.18. The van der Waals surface area contributed by atoms with Crippen LogP contribution >= 0.6 is 0 Å². The highest BCUT2D eigenvalue weighted by molar-refractivity contribution is 5.68. The van der Waals surface area contributed by atoms with E-state index in [1.807, 2.05) is 0 Å². The maximum absolute atomic E-state index is 12.3. The number of carbonyl (C=O) groups excluding carboxylic acids is 1. The summed E-state index contributed by atoms with van der Waals surface area (Å²) in [7, 11) is 0. The molecule has 2 aliphatic rings. The fourth-order valence-electron chi connectivity index (χ4n) is 3.85. The molecule has 4 nitrogen and oxygen atoms in total. The van der Waals surface area contributed by atoms with Crippen LogP contribution in [-0.4, -0.2) is 40.9 Å². The first-order valence-corrected chi connectivity index (χ1v) is 8.10. The molecule has 1 heterocycles. The van der Waals surface area contributed by atoms with Crippen molar-refractivity contribution in [3.8, 4) is 0 Å². The number of hydrogen-bond donors (Lipinski definition) is 1. The van der Waals surface area contributed by atoms with Gasteiger partial charge >= 0.3 is 6.09 Å². The van der Waals surface area contributed by atoms with Gasteiger partial charge in [-0.3, -0.25) is 0 Å². The minimum atomic E-state index is -0.385. The van der Waals surface area contributed by atoms with Crippen LogP contribution in [0.25, 0.3) is 0 Å². The van der Waals surface area contributed by atoms with Crippen LogP contribution in [0.2, 0.25) is 0 Å². The van der Waals surface area contributed by atoms with Crippen molar-refractivity contribution in [2.75, 3.05) is 13.1 Å². The number of nitrogens with zero attached hydrogens (tertiary/aromatic N) is 1. The average Bonchev–Trinajstić information content (AvgIpc) is 2.88. The van der Waals surface area contributed by atoms with Crippen LogP contribution in [0.15, 0.2) is 0 Å². The number of rotatable bonds is 3. The van der Waals surface area contributed by atoms with E-state index in [0.717, 1.165) is 6.42 Å². The number of ether oxygens (including phenoxy) is 1. The molecule has 20 heavy (non-hydrogen) atoms. The summed E-state index contributed by atoms with van der Waals surface area (Å²) >= 11 is 0. The number of aliphatic hydroxyl groups excluding tert-OH is 1. The molecule has 0 spiro atoms. The first kappa shape index (κ1) is 15.6. The standard InChI is InChI=1S/C16H29NO3/c1-4-12-6-5-7-14(12)16(2,3)20-15(19)17-10-8-13(18)9-11-17/h12-14,18H,4-11H2,1-3H3. The number of piperidine rings is 1. The third-order valence-electron chi connectivity index (χ3n) is 5.15. The highest BCUT2D eigenvalue weighted by Gasteiger charge is 2.41. The lowest BCUT2D eigenvalue weighted by atomic mass is 9.81. The number of likely N-dealkylation sites (tertiary alicyclic amines) is 1. The Morgan fingerprint density at radius 3 is 2.50 bits per heavy atom. The molecule has 2 unspecified atom stereocenters. The van der Waals surface area contributed by atoms with E-state index in [4.69, 9.17) is 4.74 Å². The van der Waals surface area contributed by atoms with Crippen molar-refractivity contribution in [2.45, 2.75) is 71.0 Å². The molecule has 0 bridgehead atoms. The van der Waals surface area contributed by atoms with Crippen molar-refractivity contribution in [3.05, 3.63) is 0 Å². The highest BCUT2D eigenvalue weighted by atomic mass is 16.6. The summed E-state index contributed by atoms with van der Waals surface area (Å²) in [5.74, 6) is 1.16. The first-order valence-electron chi connectivity index (χ1n) is 8.10. The molecule has 1 N–H and O–H groups in total. The van der Waals surface area contributed by atoms with Gasteiger partial charge in [0.15, 0.2) is 0 Å². The smallest absolute Gasteiger partial charge is 0.410 e. The Labute approximate surface area is 122 Å². The van der Waals surface area contributed by atoms with Crippen molar-refractivity contribution in [2.24, 2.45) is 11.8 Å². The molecule has 1 amide bonds. The molecule has 2 fully saturated rings. The fraction of sp³-hybridized carbons (Fsp3) is 0.938. The van der Waals surface area contributed by atoms with Gasteiger partial charge in [-0.15, -0.1) is 0 Å². The Kier molecular flexibility index (Phi) is 4.95. The molecule has 116 valence electrons. The van der Waals surface area contributed by atoms with E-state index in [1.165, 1.54) is 19.3 Å². The second kappa shape index (κ2) is 6.33. The molecule has 4 heteroatoms. The van der Waals surface area contributed by atoms with Crippen molar-refractivity contribution in [1.29, 1.82) is 0 Å². The number of carbonyl (C=O) groups is 1. The van der Waals surface area contributed by atoms with Gasteiger partial charge in [0.25, 0.3) is 0 Å². The van der Waals surface area contributed by atoms with Gasteiger partial charge in [0.1, 0.15) is 5.60 Å². The Morgan fingerprint density at radius 1 is 1.25 bits per heavy atom. The van der Waals surface area contributed by atoms with E-state index in [2.05, 4.69) is 20.8 Å². The zero-order valence-corrected chi connectivity index (χ0v) is 13.1. The van der Waals surface area contributed by atoms with E-state index in [9.17, 15) is 9.90 Å². The normalized spacial score (nSPS) is 28.7. The van der Waals surface area contributed by atoms with E-state index in [-0.39, 0.29) is 17.8 Å². The minimum absolute atomic E-state index is 0.205. The first-order chi connectivity index (χ1) is 9.44. The van der Waals surface area contributed by atoms with E-state index >= 15 is 0 Å². The lowest BCUT2D eigenvalue weighted by molar-refractivity contribution is -0.0415. The summed E-state index contributed by atoms with van der Waals surface area (Å²) < 4.78 is 5.83. The monoisotopic (exact) mass is 283 g/mol. The summed E-state index contributed by atoms with van der Waals surface area (Å²) in [4.78, 5) is 14.0. The molecular weight excluding hydrogens is 254 g/mol. The van der Waals surface area contributed by atoms with Gasteiger partial charge in [0.2, 0.25) is 0 Å². The van der Waals surface area contributed by atoms with Gasteiger partial charge in [-0.05, 0) is 39.0 Å². The van der Waals surface area contributed by atoms with Gasteiger partial charge < -0.3 is 14.7 Å². The molecule has 0 aromatic carbocycles. The molecule has 1 aliphatic heterocycles. The quantitative estimate of drug-likeness (QED) is 0.865. The second-order valence-electron chi connectivity index (χ2n) is 6.90. The Hall–Kier alpha value is -0.770. The predicted molar refractivity (Wildman–Crippen MR) is 78.5 cm³/mol. The topological polar surface area (TPSA) is 49.8 Å². The number of hydrogen-bond acceptors (Lipinski definition) is 3. The molecule has 1 aliphatic carbocycles. The third kappa shape index (κ3) is 3.46. The molecule has 0 radical (unpaired) electrons. The summed E-state index contributed by atoms with van der Waals surface area (Å²) in [5.41, 5.74) is -0.385. The molecule has 1 saturated heterocycles. The number of aliphatic hydroxyl groups is 1. The van der Waals surface area contributed by atoms with Crippen LogP contribution in [0.3, 0.4) is 0 Å². The van der Waals surface area contributed by atoms with Crippen LogP contribution in [0.1, 0.15) is 59.3 Å². The summed E-state index contributed by atoms with van der Waals surface area (Å²) in [6.45, 7) is 7.56. The molecule has 0 aromatic heterocycles. The molecule has 0 aromatic rings. The average molecular weight is 283 g/mol. The van der Waals surface area contributed by atoms with Crippen molar-refractivity contribution < 1.29 is 14.6 Å². The summed E-state index contributed by atoms with van der Waals surface area (Å²) in [6.07, 6.45) is 5.71. The van der Waals surface area contributed by atoms with Crippen molar-refractivity contribution in [3.63, 3.8) is 0 Å². The van der Waals surface area contributed by atoms with Crippen LogP contribution in [0, 0.1) is 11.8 Å². The van der Waals surface area contributed by atoms with Crippen LogP contribution in [-0.2, 0) is 4.74 Å². The minimum Gasteiger partial charge on any atom is -0.443 e. The zero-order valence-electron chi connectivity index (χ0n) is 13.1. The van der Waals surface area contributed by atoms with Gasteiger partial charge in [0.05, 0.1) is 6.10 Å². The lowest BCUT2D eigenvalue weighted by Crippen LogP contribution is -2.46. The molecule has 2 atom stereocenters. The fourth-order valence-corrected chi connectivity index (χ4v) is 3.85. The van der Waals surface area contributed by atoms with Crippen LogP contribution < -0.4 is 0 Å². The molecule has 2 rings (SSSR count). The molecule has 1 saturated carbocycles. The maximum Gasteiger partial charge on any atom is 0.410 e. The highest BCUT2D eigenvalue weighted by Crippen LogP contribution is 2.42. The van der Waals surface area contributed by atoms with Crippen molar-refractivity contribution in [1.82, 2.24) is 4.90 Å². The zero-order chi connectivity index (χ0) is 14.8. The molecular formula is C16H29NO3. The second-order valence-corrected chi connectivity index (χ2v) is 6.90. The summed E-state index contributed by atoms with van der Waals surface area (Å²) in [6, 6.07) is 0. The Morgan fingerprint density at radius 2 is 1.90 bits per heavy atom. The van der Waals surface area contributed by atoms with Gasteiger partial charge in [-0.2, -0.15) is 0 Å². The van der Waals surface area contributed by atoms with Gasteiger partial charge in [0, 0.05) is 19.0 Å². The van der Waals surface area contributed by atoms with Crippen LogP contribution in [0.4, 0.5) is 4.79 Å². The number of amides is 1. The largest absolute Gasteiger partial charge is 0.443 e. The summed E-state index contributed by atoms with van der Waals surface area (Å²) in [5, 5.41) is 9.50. The van der Waals surface area contributed by atoms with E-state index in [1.54, 1.807) is 4.90 Å². The van der Waals surface area contributed by atoms with Crippen molar-refractivity contribution >= 4 is 6.09 Å². The van der Waals surface area contributed by atoms with Gasteiger partial charge in [-0.1, -0.05) is 26.2 Å². The van der Waals surface area contributed by atoms with Crippen LogP contribution in [0.5, 0.6) is 0 Å². The Balaban J connectivity index is 1.92. The van der Waals surface area contributed by atoms with Gasteiger partial charge in [-0.25, -0.2) is 4.79 Å².